The number of halogens is 2. The molecule has 3 heteroatoms. The highest BCUT2D eigenvalue weighted by Crippen LogP contribution is 2.24. The highest BCUT2D eigenvalue weighted by Gasteiger charge is 2.12. The molecule has 0 aromatic heterocycles. The first-order valence-electron chi connectivity index (χ1n) is 7.39. The number of nitrogens with one attached hydrogen (secondary N) is 1. The van der Waals surface area contributed by atoms with Gasteiger partial charge in [-0.05, 0) is 54.8 Å². The van der Waals surface area contributed by atoms with Crippen molar-refractivity contribution in [3.05, 3.63) is 68.6 Å². The van der Waals surface area contributed by atoms with Gasteiger partial charge in [-0.25, -0.2) is 0 Å². The Morgan fingerprint density at radius 3 is 2.43 bits per heavy atom. The maximum atomic E-state index is 3.56. The van der Waals surface area contributed by atoms with Gasteiger partial charge in [-0.15, -0.1) is 0 Å². The SMILES string of the molecule is CCCNCC(Cc1cccc(Br)c1)c1ccc(Br)cc1. The van der Waals surface area contributed by atoms with Gasteiger partial charge in [-0.3, -0.25) is 0 Å². The minimum absolute atomic E-state index is 0.499. The highest BCUT2D eigenvalue weighted by molar-refractivity contribution is 9.10. The average molecular weight is 411 g/mol. The molecule has 0 saturated carbocycles. The zero-order valence-electron chi connectivity index (χ0n) is 12.3. The molecule has 1 nitrogen and oxygen atoms in total. The van der Waals surface area contributed by atoms with Crippen LogP contribution in [0.3, 0.4) is 0 Å². The summed E-state index contributed by atoms with van der Waals surface area (Å²) in [7, 11) is 0. The molecule has 0 saturated heterocycles. The van der Waals surface area contributed by atoms with E-state index in [1.54, 1.807) is 0 Å². The molecule has 2 aromatic carbocycles. The molecule has 0 amide bonds. The van der Waals surface area contributed by atoms with Crippen molar-refractivity contribution in [2.45, 2.75) is 25.7 Å². The van der Waals surface area contributed by atoms with Crippen LogP contribution in [-0.4, -0.2) is 13.1 Å². The van der Waals surface area contributed by atoms with Gasteiger partial charge < -0.3 is 5.32 Å². The summed E-state index contributed by atoms with van der Waals surface area (Å²) >= 11 is 7.07. The molecular weight excluding hydrogens is 390 g/mol. The quantitative estimate of drug-likeness (QED) is 0.591. The second kappa shape index (κ2) is 8.72. The van der Waals surface area contributed by atoms with Crippen molar-refractivity contribution >= 4 is 31.9 Å². The van der Waals surface area contributed by atoms with Crippen LogP contribution in [0.15, 0.2) is 57.5 Å². The van der Waals surface area contributed by atoms with Gasteiger partial charge in [-0.1, -0.05) is 63.0 Å². The molecule has 0 aliphatic heterocycles. The van der Waals surface area contributed by atoms with E-state index in [4.69, 9.17) is 0 Å². The first kappa shape index (κ1) is 16.7. The van der Waals surface area contributed by atoms with Crippen molar-refractivity contribution in [3.63, 3.8) is 0 Å². The third-order valence-electron chi connectivity index (χ3n) is 3.53. The fourth-order valence-corrected chi connectivity index (χ4v) is 3.16. The zero-order chi connectivity index (χ0) is 15.1. The third-order valence-corrected chi connectivity index (χ3v) is 4.55. The van der Waals surface area contributed by atoms with Crippen LogP contribution in [0.25, 0.3) is 0 Å². The summed E-state index contributed by atoms with van der Waals surface area (Å²) in [6.07, 6.45) is 2.22. The molecule has 0 bridgehead atoms. The van der Waals surface area contributed by atoms with E-state index >= 15 is 0 Å². The van der Waals surface area contributed by atoms with E-state index in [9.17, 15) is 0 Å². The molecule has 0 spiro atoms. The van der Waals surface area contributed by atoms with E-state index in [0.29, 0.717) is 5.92 Å². The monoisotopic (exact) mass is 409 g/mol. The van der Waals surface area contributed by atoms with E-state index in [2.05, 4.69) is 92.6 Å². The molecule has 0 aliphatic carbocycles. The van der Waals surface area contributed by atoms with Gasteiger partial charge in [0.25, 0.3) is 0 Å². The van der Waals surface area contributed by atoms with Crippen LogP contribution in [0.2, 0.25) is 0 Å². The van der Waals surface area contributed by atoms with Crippen LogP contribution in [0.4, 0.5) is 0 Å². The molecule has 2 aromatic rings. The number of hydrogen-bond acceptors (Lipinski definition) is 1. The van der Waals surface area contributed by atoms with Crippen molar-refractivity contribution in [1.82, 2.24) is 5.32 Å². The first-order chi connectivity index (χ1) is 10.2. The van der Waals surface area contributed by atoms with Gasteiger partial charge in [0, 0.05) is 21.4 Å². The molecule has 0 fully saturated rings. The van der Waals surface area contributed by atoms with Crippen LogP contribution in [0, 0.1) is 0 Å². The molecular formula is C18H21Br2N. The second-order valence-electron chi connectivity index (χ2n) is 5.29. The molecule has 2 rings (SSSR count). The van der Waals surface area contributed by atoms with E-state index in [1.807, 2.05) is 0 Å². The fraction of sp³-hybridized carbons (Fsp3) is 0.333. The molecule has 0 aliphatic rings. The molecule has 1 N–H and O–H groups in total. The van der Waals surface area contributed by atoms with Crippen LogP contribution in [0.5, 0.6) is 0 Å². The summed E-state index contributed by atoms with van der Waals surface area (Å²) in [5.41, 5.74) is 2.76. The summed E-state index contributed by atoms with van der Waals surface area (Å²) in [5.74, 6) is 0.499. The summed E-state index contributed by atoms with van der Waals surface area (Å²) in [5, 5.41) is 3.56. The smallest absolute Gasteiger partial charge is 0.0177 e. The Labute approximate surface area is 144 Å². The minimum Gasteiger partial charge on any atom is -0.316 e. The lowest BCUT2D eigenvalue weighted by Crippen LogP contribution is -2.23. The minimum atomic E-state index is 0.499. The van der Waals surface area contributed by atoms with Crippen LogP contribution >= 0.6 is 31.9 Å². The predicted molar refractivity (Wildman–Crippen MR) is 97.9 cm³/mol. The lowest BCUT2D eigenvalue weighted by atomic mass is 9.92. The first-order valence-corrected chi connectivity index (χ1v) is 8.98. The van der Waals surface area contributed by atoms with Gasteiger partial charge in [0.05, 0.1) is 0 Å². The maximum absolute atomic E-state index is 3.56. The van der Waals surface area contributed by atoms with Crippen LogP contribution in [0.1, 0.15) is 30.4 Å². The molecule has 1 unspecified atom stereocenters. The Morgan fingerprint density at radius 1 is 1.00 bits per heavy atom. The molecule has 112 valence electrons. The van der Waals surface area contributed by atoms with E-state index in [0.717, 1.165) is 28.5 Å². The summed E-state index contributed by atoms with van der Waals surface area (Å²) < 4.78 is 2.28. The largest absolute Gasteiger partial charge is 0.316 e. The summed E-state index contributed by atoms with van der Waals surface area (Å²) in [4.78, 5) is 0. The van der Waals surface area contributed by atoms with Crippen molar-refractivity contribution in [1.29, 1.82) is 0 Å². The van der Waals surface area contributed by atoms with Gasteiger partial charge in [-0.2, -0.15) is 0 Å². The number of benzene rings is 2. The predicted octanol–water partition coefficient (Wildman–Crippen LogP) is 5.54. The topological polar surface area (TPSA) is 12.0 Å². The van der Waals surface area contributed by atoms with E-state index in [-0.39, 0.29) is 0 Å². The van der Waals surface area contributed by atoms with Crippen LogP contribution in [-0.2, 0) is 6.42 Å². The summed E-state index contributed by atoms with van der Waals surface area (Å²) in [6.45, 7) is 4.30. The van der Waals surface area contributed by atoms with Gasteiger partial charge >= 0.3 is 0 Å². The van der Waals surface area contributed by atoms with Gasteiger partial charge in [0.15, 0.2) is 0 Å². The fourth-order valence-electron chi connectivity index (χ4n) is 2.44. The van der Waals surface area contributed by atoms with Crippen molar-refractivity contribution in [2.75, 3.05) is 13.1 Å². The lowest BCUT2D eigenvalue weighted by molar-refractivity contribution is 0.576. The molecule has 1 atom stereocenters. The Bertz CT molecular complexity index is 551. The Kier molecular flexibility index (Phi) is 6.94. The maximum Gasteiger partial charge on any atom is 0.0177 e. The number of hydrogen-bond donors (Lipinski definition) is 1. The van der Waals surface area contributed by atoms with Crippen LogP contribution < -0.4 is 5.32 Å². The van der Waals surface area contributed by atoms with Gasteiger partial charge in [0.1, 0.15) is 0 Å². The second-order valence-corrected chi connectivity index (χ2v) is 7.12. The average Bonchev–Trinajstić information content (AvgIpc) is 2.47. The highest BCUT2D eigenvalue weighted by atomic mass is 79.9. The van der Waals surface area contributed by atoms with E-state index < -0.39 is 0 Å². The van der Waals surface area contributed by atoms with Crippen molar-refractivity contribution in [3.8, 4) is 0 Å². The Balaban J connectivity index is 2.13. The lowest BCUT2D eigenvalue weighted by Gasteiger charge is -2.18. The zero-order valence-corrected chi connectivity index (χ0v) is 15.5. The molecule has 0 heterocycles. The third kappa shape index (κ3) is 5.57. The molecule has 21 heavy (non-hydrogen) atoms. The summed E-state index contributed by atoms with van der Waals surface area (Å²) in [6, 6.07) is 17.3. The van der Waals surface area contributed by atoms with Crippen molar-refractivity contribution in [2.24, 2.45) is 0 Å². The van der Waals surface area contributed by atoms with Crippen molar-refractivity contribution < 1.29 is 0 Å². The molecule has 0 radical (unpaired) electrons. The standard InChI is InChI=1S/C18H21Br2N/c1-2-10-21-13-16(15-6-8-17(19)9-7-15)11-14-4-3-5-18(20)12-14/h3-9,12,16,21H,2,10-11,13H2,1H3. The Morgan fingerprint density at radius 2 is 1.76 bits per heavy atom. The number of rotatable bonds is 7. The normalized spacial score (nSPS) is 12.3. The van der Waals surface area contributed by atoms with E-state index in [1.165, 1.54) is 17.5 Å². The Hall–Kier alpha value is -0.640. The van der Waals surface area contributed by atoms with Gasteiger partial charge in [0.2, 0.25) is 0 Å².